The third-order valence-electron chi connectivity index (χ3n) is 3.76. The highest BCUT2D eigenvalue weighted by Crippen LogP contribution is 2.27. The van der Waals surface area contributed by atoms with Crippen molar-refractivity contribution in [2.45, 2.75) is 26.3 Å². The zero-order valence-corrected chi connectivity index (χ0v) is 15.0. The average molecular weight is 343 g/mol. The van der Waals surface area contributed by atoms with E-state index in [1.165, 1.54) is 0 Å². The number of hydrogen-bond donors (Lipinski definition) is 2. The second kappa shape index (κ2) is 9.52. The van der Waals surface area contributed by atoms with Crippen LogP contribution in [0.4, 0.5) is 5.82 Å². The van der Waals surface area contributed by atoms with E-state index in [0.717, 1.165) is 30.8 Å². The van der Waals surface area contributed by atoms with Crippen molar-refractivity contribution >= 4 is 11.7 Å². The van der Waals surface area contributed by atoms with E-state index in [-0.39, 0.29) is 5.91 Å². The molecule has 6 heteroatoms. The molecular formula is C19H25N3O3. The molecule has 2 N–H and O–H groups in total. The van der Waals surface area contributed by atoms with Gasteiger partial charge in [-0.15, -0.1) is 0 Å². The van der Waals surface area contributed by atoms with Gasteiger partial charge in [0.1, 0.15) is 5.82 Å². The van der Waals surface area contributed by atoms with E-state index in [2.05, 4.69) is 22.5 Å². The van der Waals surface area contributed by atoms with Gasteiger partial charge in [-0.1, -0.05) is 19.4 Å². The molecule has 0 spiro atoms. The van der Waals surface area contributed by atoms with Crippen molar-refractivity contribution in [3.63, 3.8) is 0 Å². The topological polar surface area (TPSA) is 72.5 Å². The van der Waals surface area contributed by atoms with Crippen LogP contribution in [0.15, 0.2) is 36.5 Å². The van der Waals surface area contributed by atoms with Gasteiger partial charge in [0.25, 0.3) is 5.91 Å². The fourth-order valence-corrected chi connectivity index (χ4v) is 2.30. The zero-order chi connectivity index (χ0) is 18.1. The van der Waals surface area contributed by atoms with Crippen LogP contribution in [0, 0.1) is 0 Å². The molecule has 0 aliphatic rings. The lowest BCUT2D eigenvalue weighted by molar-refractivity contribution is 0.0950. The lowest BCUT2D eigenvalue weighted by Gasteiger charge is -2.10. The molecule has 0 saturated carbocycles. The number of nitrogens with one attached hydrogen (secondary N) is 2. The van der Waals surface area contributed by atoms with Crippen LogP contribution in [-0.4, -0.2) is 31.7 Å². The van der Waals surface area contributed by atoms with Gasteiger partial charge in [-0.2, -0.15) is 0 Å². The Hall–Kier alpha value is -2.76. The Labute approximate surface area is 148 Å². The molecule has 0 fully saturated rings. The van der Waals surface area contributed by atoms with Crippen molar-refractivity contribution < 1.29 is 14.3 Å². The molecule has 2 aromatic rings. The predicted octanol–water partition coefficient (Wildman–Crippen LogP) is 3.24. The number of benzene rings is 1. The Balaban J connectivity index is 1.91. The minimum atomic E-state index is -0.164. The van der Waals surface area contributed by atoms with Gasteiger partial charge in [0.2, 0.25) is 0 Å². The molecule has 1 heterocycles. The maximum atomic E-state index is 12.2. The first kappa shape index (κ1) is 18.6. The molecule has 25 heavy (non-hydrogen) atoms. The average Bonchev–Trinajstić information content (AvgIpc) is 2.66. The maximum absolute atomic E-state index is 12.2. The van der Waals surface area contributed by atoms with E-state index in [0.29, 0.717) is 23.6 Å². The van der Waals surface area contributed by atoms with Gasteiger partial charge in [-0.3, -0.25) is 4.79 Å². The summed E-state index contributed by atoms with van der Waals surface area (Å²) in [6.07, 6.45) is 3.80. The Bertz CT molecular complexity index is 687. The number of aromatic nitrogens is 1. The number of amides is 1. The zero-order valence-electron chi connectivity index (χ0n) is 15.0. The van der Waals surface area contributed by atoms with Crippen LogP contribution in [0.2, 0.25) is 0 Å². The van der Waals surface area contributed by atoms with Crippen LogP contribution in [-0.2, 0) is 6.54 Å². The van der Waals surface area contributed by atoms with Crippen molar-refractivity contribution in [3.05, 3.63) is 47.7 Å². The molecule has 0 radical (unpaired) electrons. The number of anilines is 1. The molecule has 0 atom stereocenters. The van der Waals surface area contributed by atoms with Gasteiger partial charge in [-0.25, -0.2) is 4.98 Å². The van der Waals surface area contributed by atoms with E-state index >= 15 is 0 Å². The summed E-state index contributed by atoms with van der Waals surface area (Å²) >= 11 is 0. The van der Waals surface area contributed by atoms with Crippen LogP contribution in [0.1, 0.15) is 35.7 Å². The molecule has 6 nitrogen and oxygen atoms in total. The molecular weight excluding hydrogens is 318 g/mol. The molecule has 1 aromatic heterocycles. The van der Waals surface area contributed by atoms with Crippen molar-refractivity contribution in [2.24, 2.45) is 0 Å². The molecule has 0 aliphatic carbocycles. The Morgan fingerprint density at radius 2 is 1.92 bits per heavy atom. The Morgan fingerprint density at radius 3 is 2.56 bits per heavy atom. The summed E-state index contributed by atoms with van der Waals surface area (Å²) in [7, 11) is 3.18. The van der Waals surface area contributed by atoms with Gasteiger partial charge >= 0.3 is 0 Å². The second-order valence-electron chi connectivity index (χ2n) is 5.58. The number of carbonyl (C=O) groups is 1. The quantitative estimate of drug-likeness (QED) is 0.684. The normalized spacial score (nSPS) is 10.2. The molecule has 134 valence electrons. The standard InChI is InChI=1S/C19H25N3O3/c1-4-5-10-20-18-9-7-15(13-21-18)19(23)22-12-14-6-8-16(24-2)17(11-14)25-3/h6-9,11,13H,4-5,10,12H2,1-3H3,(H,20,21)(H,22,23). The molecule has 0 bridgehead atoms. The number of rotatable bonds is 9. The second-order valence-corrected chi connectivity index (χ2v) is 5.58. The number of nitrogens with zero attached hydrogens (tertiary/aromatic N) is 1. The summed E-state index contributed by atoms with van der Waals surface area (Å²) in [5.41, 5.74) is 1.46. The molecule has 0 unspecified atom stereocenters. The third kappa shape index (κ3) is 5.38. The van der Waals surface area contributed by atoms with Crippen molar-refractivity contribution in [2.75, 3.05) is 26.1 Å². The van der Waals surface area contributed by atoms with Crippen molar-refractivity contribution in [3.8, 4) is 11.5 Å². The van der Waals surface area contributed by atoms with Gasteiger partial charge in [0.05, 0.1) is 19.8 Å². The highest BCUT2D eigenvalue weighted by atomic mass is 16.5. The van der Waals surface area contributed by atoms with Crippen LogP contribution >= 0.6 is 0 Å². The van der Waals surface area contributed by atoms with Crippen LogP contribution in [0.5, 0.6) is 11.5 Å². The van der Waals surface area contributed by atoms with E-state index in [1.54, 1.807) is 26.5 Å². The van der Waals surface area contributed by atoms with E-state index < -0.39 is 0 Å². The molecule has 1 aromatic carbocycles. The summed E-state index contributed by atoms with van der Waals surface area (Å²) in [6.45, 7) is 3.42. The van der Waals surface area contributed by atoms with Gasteiger partial charge in [0, 0.05) is 19.3 Å². The van der Waals surface area contributed by atoms with E-state index in [4.69, 9.17) is 9.47 Å². The van der Waals surface area contributed by atoms with Gasteiger partial charge in [0.15, 0.2) is 11.5 Å². The number of unbranched alkanes of at least 4 members (excludes halogenated alkanes) is 1. The minimum Gasteiger partial charge on any atom is -0.493 e. The lowest BCUT2D eigenvalue weighted by atomic mass is 10.2. The lowest BCUT2D eigenvalue weighted by Crippen LogP contribution is -2.23. The minimum absolute atomic E-state index is 0.164. The highest BCUT2D eigenvalue weighted by Gasteiger charge is 2.08. The van der Waals surface area contributed by atoms with Crippen molar-refractivity contribution in [1.82, 2.24) is 10.3 Å². The smallest absolute Gasteiger partial charge is 0.253 e. The molecule has 2 rings (SSSR count). The number of methoxy groups -OCH3 is 2. The number of ether oxygens (including phenoxy) is 2. The van der Waals surface area contributed by atoms with E-state index in [9.17, 15) is 4.79 Å². The van der Waals surface area contributed by atoms with Gasteiger partial charge in [-0.05, 0) is 36.2 Å². The van der Waals surface area contributed by atoms with Gasteiger partial charge < -0.3 is 20.1 Å². The fourth-order valence-electron chi connectivity index (χ4n) is 2.30. The van der Waals surface area contributed by atoms with E-state index in [1.807, 2.05) is 24.3 Å². The van der Waals surface area contributed by atoms with Crippen molar-refractivity contribution in [1.29, 1.82) is 0 Å². The first-order valence-electron chi connectivity index (χ1n) is 8.37. The predicted molar refractivity (Wildman–Crippen MR) is 98.4 cm³/mol. The third-order valence-corrected chi connectivity index (χ3v) is 3.76. The monoisotopic (exact) mass is 343 g/mol. The molecule has 0 saturated heterocycles. The maximum Gasteiger partial charge on any atom is 0.253 e. The van der Waals surface area contributed by atoms with Crippen LogP contribution < -0.4 is 20.1 Å². The largest absolute Gasteiger partial charge is 0.493 e. The SMILES string of the molecule is CCCCNc1ccc(C(=O)NCc2ccc(OC)c(OC)c2)cn1. The number of carbonyl (C=O) groups excluding carboxylic acids is 1. The number of pyridine rings is 1. The molecule has 1 amide bonds. The summed E-state index contributed by atoms with van der Waals surface area (Å²) in [5.74, 6) is 1.92. The summed E-state index contributed by atoms with van der Waals surface area (Å²) < 4.78 is 10.5. The summed E-state index contributed by atoms with van der Waals surface area (Å²) in [6, 6.07) is 9.14. The van der Waals surface area contributed by atoms with Crippen LogP contribution in [0.25, 0.3) is 0 Å². The summed E-state index contributed by atoms with van der Waals surface area (Å²) in [4.78, 5) is 16.5. The number of hydrogen-bond acceptors (Lipinski definition) is 5. The van der Waals surface area contributed by atoms with Crippen LogP contribution in [0.3, 0.4) is 0 Å². The Morgan fingerprint density at radius 1 is 1.12 bits per heavy atom. The molecule has 0 aliphatic heterocycles. The highest BCUT2D eigenvalue weighted by molar-refractivity contribution is 5.94. The first-order valence-corrected chi connectivity index (χ1v) is 8.37. The summed E-state index contributed by atoms with van der Waals surface area (Å²) in [5, 5.41) is 6.10. The first-order chi connectivity index (χ1) is 12.2. The fraction of sp³-hybridized carbons (Fsp3) is 0.368. The Kier molecular flexibility index (Phi) is 7.07.